The number of amides is 1. The zero-order valence-electron chi connectivity index (χ0n) is 14.0. The Labute approximate surface area is 135 Å². The molecule has 2 fully saturated rings. The van der Waals surface area contributed by atoms with E-state index in [1.54, 1.807) is 4.90 Å². The Hall–Kier alpha value is -0.820. The van der Waals surface area contributed by atoms with E-state index in [9.17, 15) is 23.1 Å². The Morgan fingerprint density at radius 1 is 1.09 bits per heavy atom. The number of carbonyl (C=O) groups is 1. The highest BCUT2D eigenvalue weighted by atomic mass is 19.4. The zero-order chi connectivity index (χ0) is 17.4. The van der Waals surface area contributed by atoms with Crippen LogP contribution in [0, 0.1) is 11.8 Å². The second kappa shape index (κ2) is 6.59. The van der Waals surface area contributed by atoms with Crippen molar-refractivity contribution in [3.8, 4) is 0 Å². The summed E-state index contributed by atoms with van der Waals surface area (Å²) in [5, 5.41) is 12.3. The maximum atomic E-state index is 13.3. The lowest BCUT2D eigenvalue weighted by molar-refractivity contribution is -0.184. The number of aliphatic hydroxyl groups is 1. The second-order valence-corrected chi connectivity index (χ2v) is 7.84. The molecule has 23 heavy (non-hydrogen) atoms. The van der Waals surface area contributed by atoms with Gasteiger partial charge >= 0.3 is 6.18 Å². The molecule has 4 nitrogen and oxygen atoms in total. The van der Waals surface area contributed by atoms with Crippen LogP contribution in [0.3, 0.4) is 0 Å². The molecule has 0 spiro atoms. The van der Waals surface area contributed by atoms with Crippen LogP contribution in [0.15, 0.2) is 0 Å². The fourth-order valence-electron chi connectivity index (χ4n) is 3.48. The van der Waals surface area contributed by atoms with Crippen LogP contribution < -0.4 is 5.32 Å². The first kappa shape index (κ1) is 18.5. The molecule has 7 heteroatoms. The lowest BCUT2D eigenvalue weighted by atomic mass is 9.90. The summed E-state index contributed by atoms with van der Waals surface area (Å²) in [6.07, 6.45) is -2.30. The van der Waals surface area contributed by atoms with E-state index in [-0.39, 0.29) is 25.2 Å². The molecular weight excluding hydrogens is 309 g/mol. The first-order valence-electron chi connectivity index (χ1n) is 8.28. The molecule has 1 aliphatic heterocycles. The average molecular weight is 336 g/mol. The average Bonchev–Trinajstić information content (AvgIpc) is 2.86. The van der Waals surface area contributed by atoms with Gasteiger partial charge in [-0.1, -0.05) is 0 Å². The third-order valence-corrected chi connectivity index (χ3v) is 5.07. The molecule has 1 amide bonds. The Bertz CT molecular complexity index is 426. The van der Waals surface area contributed by atoms with Crippen LogP contribution in [0.1, 0.15) is 46.5 Å². The van der Waals surface area contributed by atoms with Gasteiger partial charge in [-0.15, -0.1) is 0 Å². The van der Waals surface area contributed by atoms with Gasteiger partial charge in [-0.25, -0.2) is 0 Å². The lowest BCUT2D eigenvalue weighted by Gasteiger charge is -2.32. The van der Waals surface area contributed by atoms with Crippen molar-refractivity contribution < 1.29 is 23.1 Å². The van der Waals surface area contributed by atoms with Gasteiger partial charge in [0.1, 0.15) is 0 Å². The Balaban J connectivity index is 2.04. The number of hydrogen-bond acceptors (Lipinski definition) is 3. The van der Waals surface area contributed by atoms with Gasteiger partial charge in [-0.2, -0.15) is 13.2 Å². The van der Waals surface area contributed by atoms with Crippen molar-refractivity contribution in [3.63, 3.8) is 0 Å². The van der Waals surface area contributed by atoms with E-state index in [0.29, 0.717) is 25.7 Å². The summed E-state index contributed by atoms with van der Waals surface area (Å²) < 4.78 is 40.0. The minimum atomic E-state index is -4.37. The molecule has 0 aromatic rings. The molecule has 1 saturated carbocycles. The van der Waals surface area contributed by atoms with Gasteiger partial charge < -0.3 is 10.4 Å². The van der Waals surface area contributed by atoms with Crippen LogP contribution >= 0.6 is 0 Å². The van der Waals surface area contributed by atoms with Crippen LogP contribution in [-0.4, -0.2) is 52.9 Å². The van der Waals surface area contributed by atoms with E-state index in [0.717, 1.165) is 0 Å². The minimum Gasteiger partial charge on any atom is -0.393 e. The van der Waals surface area contributed by atoms with E-state index in [4.69, 9.17) is 0 Å². The Morgan fingerprint density at radius 3 is 2.13 bits per heavy atom. The smallest absolute Gasteiger partial charge is 0.393 e. The molecule has 0 radical (unpaired) electrons. The molecule has 0 bridgehead atoms. The Morgan fingerprint density at radius 2 is 1.65 bits per heavy atom. The number of nitrogens with zero attached hydrogens (tertiary/aromatic N) is 1. The number of nitrogens with one attached hydrogen (secondary N) is 1. The molecule has 1 aliphatic carbocycles. The minimum absolute atomic E-state index is 0.122. The van der Waals surface area contributed by atoms with Crippen LogP contribution in [0.2, 0.25) is 0 Å². The van der Waals surface area contributed by atoms with Gasteiger partial charge in [0.15, 0.2) is 0 Å². The Kier molecular flexibility index (Phi) is 5.31. The molecule has 2 rings (SSSR count). The van der Waals surface area contributed by atoms with Gasteiger partial charge in [0, 0.05) is 24.7 Å². The molecule has 0 unspecified atom stereocenters. The van der Waals surface area contributed by atoms with Gasteiger partial charge in [-0.3, -0.25) is 9.69 Å². The van der Waals surface area contributed by atoms with Crippen molar-refractivity contribution in [3.05, 3.63) is 0 Å². The van der Waals surface area contributed by atoms with Crippen LogP contribution in [0.25, 0.3) is 0 Å². The quantitative estimate of drug-likeness (QED) is 0.814. The van der Waals surface area contributed by atoms with E-state index in [1.165, 1.54) is 0 Å². The third-order valence-electron chi connectivity index (χ3n) is 5.07. The maximum absolute atomic E-state index is 13.3. The van der Waals surface area contributed by atoms with E-state index in [2.05, 4.69) is 5.32 Å². The van der Waals surface area contributed by atoms with Crippen LogP contribution in [-0.2, 0) is 4.79 Å². The third kappa shape index (κ3) is 4.59. The normalized spacial score (nSPS) is 33.7. The summed E-state index contributed by atoms with van der Waals surface area (Å²) >= 11 is 0. The van der Waals surface area contributed by atoms with E-state index >= 15 is 0 Å². The summed E-state index contributed by atoms with van der Waals surface area (Å²) in [6.45, 7) is 5.60. The molecule has 134 valence electrons. The van der Waals surface area contributed by atoms with Crippen LogP contribution in [0.4, 0.5) is 13.2 Å². The number of likely N-dealkylation sites (tertiary alicyclic amines) is 1. The number of rotatable bonds is 2. The molecule has 0 aromatic heterocycles. The fourth-order valence-corrected chi connectivity index (χ4v) is 3.48. The SMILES string of the molecule is CC(C)(C)N1C[C@@H](C(F)(F)F)[C@H](C(=O)NC2CCC(O)CC2)C1. The number of halogens is 3. The summed E-state index contributed by atoms with van der Waals surface area (Å²) in [5.41, 5.74) is -0.395. The zero-order valence-corrected chi connectivity index (χ0v) is 14.0. The number of hydrogen-bond donors (Lipinski definition) is 2. The van der Waals surface area contributed by atoms with Crippen LogP contribution in [0.5, 0.6) is 0 Å². The van der Waals surface area contributed by atoms with Crippen molar-refractivity contribution >= 4 is 5.91 Å². The molecule has 2 atom stereocenters. The monoisotopic (exact) mass is 336 g/mol. The molecule has 1 saturated heterocycles. The number of carbonyl (C=O) groups excluding carboxylic acids is 1. The molecule has 0 aromatic carbocycles. The first-order valence-corrected chi connectivity index (χ1v) is 8.28. The van der Waals surface area contributed by atoms with Gasteiger partial charge in [0.05, 0.1) is 17.9 Å². The summed E-state index contributed by atoms with van der Waals surface area (Å²) in [6, 6.07) is -0.122. The predicted molar refractivity (Wildman–Crippen MR) is 80.8 cm³/mol. The molecule has 2 N–H and O–H groups in total. The molecular formula is C16H27F3N2O2. The highest BCUT2D eigenvalue weighted by Gasteiger charge is 2.53. The largest absolute Gasteiger partial charge is 0.393 e. The van der Waals surface area contributed by atoms with Crippen molar-refractivity contribution in [2.75, 3.05) is 13.1 Å². The number of aliphatic hydroxyl groups excluding tert-OH is 1. The summed E-state index contributed by atoms with van der Waals surface area (Å²) in [7, 11) is 0. The van der Waals surface area contributed by atoms with Crippen molar-refractivity contribution in [2.45, 2.75) is 70.3 Å². The first-order chi connectivity index (χ1) is 10.5. The summed E-state index contributed by atoms with van der Waals surface area (Å²) in [5.74, 6) is -3.17. The predicted octanol–water partition coefficient (Wildman–Crippen LogP) is 2.31. The summed E-state index contributed by atoms with van der Waals surface area (Å²) in [4.78, 5) is 14.2. The van der Waals surface area contributed by atoms with Gasteiger partial charge in [-0.05, 0) is 46.5 Å². The molecule has 2 aliphatic rings. The standard InChI is InChI=1S/C16H27F3N2O2/c1-15(2,3)21-8-12(13(9-21)16(17,18)19)14(23)20-10-4-6-11(22)7-5-10/h10-13,22H,4-9H2,1-3H3,(H,20,23)/t10?,11?,12-,13-/m1/s1. The lowest BCUT2D eigenvalue weighted by Crippen LogP contribution is -2.46. The maximum Gasteiger partial charge on any atom is 0.393 e. The highest BCUT2D eigenvalue weighted by molar-refractivity contribution is 5.80. The fraction of sp³-hybridized carbons (Fsp3) is 0.938. The van der Waals surface area contributed by atoms with E-state index < -0.39 is 29.5 Å². The van der Waals surface area contributed by atoms with Crippen molar-refractivity contribution in [2.24, 2.45) is 11.8 Å². The van der Waals surface area contributed by atoms with Crippen molar-refractivity contribution in [1.29, 1.82) is 0 Å². The molecule has 1 heterocycles. The van der Waals surface area contributed by atoms with Gasteiger partial charge in [0.2, 0.25) is 5.91 Å². The van der Waals surface area contributed by atoms with E-state index in [1.807, 2.05) is 20.8 Å². The van der Waals surface area contributed by atoms with Gasteiger partial charge in [0.25, 0.3) is 0 Å². The van der Waals surface area contributed by atoms with Crippen molar-refractivity contribution in [1.82, 2.24) is 10.2 Å². The second-order valence-electron chi connectivity index (χ2n) is 7.84. The number of alkyl halides is 3. The highest BCUT2D eigenvalue weighted by Crippen LogP contribution is 2.40. The topological polar surface area (TPSA) is 52.6 Å².